The average molecular weight is 407 g/mol. The fourth-order valence-electron chi connectivity index (χ4n) is 3.18. The van der Waals surface area contributed by atoms with Crippen LogP contribution >= 0.6 is 34.5 Å². The zero-order valence-electron chi connectivity index (χ0n) is 14.1. The van der Waals surface area contributed by atoms with Crippen molar-refractivity contribution in [2.75, 3.05) is 23.7 Å². The fourth-order valence-corrected chi connectivity index (χ4v) is 4.47. The molecule has 4 rings (SSSR count). The average Bonchev–Trinajstić information content (AvgIpc) is 3.25. The van der Waals surface area contributed by atoms with E-state index < -0.39 is 0 Å². The number of Topliss-reactive ketones (excluding diaryl/α,β-unsaturated/α-hetero) is 1. The number of nitrogens with zero attached hydrogens (tertiary/aromatic N) is 3. The lowest BCUT2D eigenvalue weighted by molar-refractivity contribution is 0.102. The summed E-state index contributed by atoms with van der Waals surface area (Å²) in [6.45, 7) is 3.36. The first kappa shape index (κ1) is 17.5. The summed E-state index contributed by atoms with van der Waals surface area (Å²) in [4.78, 5) is 24.8. The molecule has 5 nitrogen and oxygen atoms in total. The van der Waals surface area contributed by atoms with Crippen LogP contribution in [0.1, 0.15) is 29.4 Å². The van der Waals surface area contributed by atoms with Crippen molar-refractivity contribution >= 4 is 62.2 Å². The van der Waals surface area contributed by atoms with Gasteiger partial charge in [0.15, 0.2) is 5.78 Å². The number of hydrogen-bond donors (Lipinski definition) is 1. The predicted octanol–water partition coefficient (Wildman–Crippen LogP) is 5.05. The van der Waals surface area contributed by atoms with E-state index in [2.05, 4.69) is 9.88 Å². The van der Waals surface area contributed by atoms with Gasteiger partial charge in [-0.2, -0.15) is 0 Å². The summed E-state index contributed by atoms with van der Waals surface area (Å²) in [5, 5.41) is 1.61. The summed E-state index contributed by atoms with van der Waals surface area (Å²) in [5.74, 6) is 0.584. The van der Waals surface area contributed by atoms with Crippen LogP contribution in [0.3, 0.4) is 0 Å². The van der Waals surface area contributed by atoms with E-state index in [-0.39, 0.29) is 5.78 Å². The zero-order valence-corrected chi connectivity index (χ0v) is 16.4. The van der Waals surface area contributed by atoms with Crippen LogP contribution in [0.5, 0.6) is 0 Å². The Labute approximate surface area is 164 Å². The van der Waals surface area contributed by atoms with Crippen molar-refractivity contribution in [3.05, 3.63) is 33.1 Å². The highest BCUT2D eigenvalue weighted by Crippen LogP contribution is 2.41. The number of aromatic nitrogens is 2. The van der Waals surface area contributed by atoms with Crippen molar-refractivity contribution in [3.8, 4) is 11.3 Å². The number of benzene rings is 1. The predicted molar refractivity (Wildman–Crippen MR) is 109 cm³/mol. The SMILES string of the molecule is CC(=O)c1sc2nc(N3CCCC3)nc(-c3ccc(Cl)c(Cl)c3)c2c1N. The van der Waals surface area contributed by atoms with Gasteiger partial charge in [0, 0.05) is 25.6 Å². The number of nitrogens with two attached hydrogens (primary N) is 1. The van der Waals surface area contributed by atoms with Crippen molar-refractivity contribution in [3.63, 3.8) is 0 Å². The number of hydrogen-bond acceptors (Lipinski definition) is 6. The monoisotopic (exact) mass is 406 g/mol. The van der Waals surface area contributed by atoms with Gasteiger partial charge >= 0.3 is 0 Å². The van der Waals surface area contributed by atoms with Crippen molar-refractivity contribution in [1.82, 2.24) is 9.97 Å². The van der Waals surface area contributed by atoms with E-state index in [9.17, 15) is 4.79 Å². The molecule has 1 aliphatic heterocycles. The number of ketones is 1. The highest BCUT2D eigenvalue weighted by molar-refractivity contribution is 7.21. The van der Waals surface area contributed by atoms with Gasteiger partial charge in [0.2, 0.25) is 5.95 Å². The van der Waals surface area contributed by atoms with E-state index in [1.807, 2.05) is 6.07 Å². The molecule has 1 aromatic carbocycles. The normalized spacial score (nSPS) is 14.3. The van der Waals surface area contributed by atoms with Crippen molar-refractivity contribution in [1.29, 1.82) is 0 Å². The maximum absolute atomic E-state index is 12.0. The van der Waals surface area contributed by atoms with Crippen LogP contribution in [0.2, 0.25) is 10.0 Å². The molecule has 0 aliphatic carbocycles. The largest absolute Gasteiger partial charge is 0.397 e. The minimum atomic E-state index is -0.0756. The lowest BCUT2D eigenvalue weighted by Gasteiger charge is -2.16. The summed E-state index contributed by atoms with van der Waals surface area (Å²) >= 11 is 13.6. The molecule has 0 amide bonds. The minimum absolute atomic E-state index is 0.0756. The lowest BCUT2D eigenvalue weighted by Crippen LogP contribution is -2.20. The Morgan fingerprint density at radius 1 is 1.19 bits per heavy atom. The molecule has 0 saturated carbocycles. The van der Waals surface area contributed by atoms with E-state index >= 15 is 0 Å². The summed E-state index contributed by atoms with van der Waals surface area (Å²) in [5.41, 5.74) is 8.18. The lowest BCUT2D eigenvalue weighted by atomic mass is 10.1. The topological polar surface area (TPSA) is 72.1 Å². The van der Waals surface area contributed by atoms with Gasteiger partial charge in [-0.05, 0) is 25.0 Å². The Hall–Kier alpha value is -1.89. The second kappa shape index (κ2) is 6.68. The van der Waals surface area contributed by atoms with E-state index in [0.717, 1.165) is 31.5 Å². The Balaban J connectivity index is 2.00. The molecule has 2 N–H and O–H groups in total. The van der Waals surface area contributed by atoms with Gasteiger partial charge < -0.3 is 10.6 Å². The van der Waals surface area contributed by atoms with Crippen LogP contribution in [0.4, 0.5) is 11.6 Å². The maximum Gasteiger partial charge on any atom is 0.227 e. The number of rotatable bonds is 3. The van der Waals surface area contributed by atoms with Crippen LogP contribution in [-0.4, -0.2) is 28.8 Å². The van der Waals surface area contributed by atoms with Crippen molar-refractivity contribution in [2.24, 2.45) is 0 Å². The van der Waals surface area contributed by atoms with Crippen LogP contribution in [0, 0.1) is 0 Å². The second-order valence-corrected chi connectivity index (χ2v) is 8.09. The molecule has 8 heteroatoms. The van der Waals surface area contributed by atoms with Gasteiger partial charge in [0.1, 0.15) is 4.83 Å². The molecule has 1 aliphatic rings. The Morgan fingerprint density at radius 3 is 2.58 bits per heavy atom. The third-order valence-electron chi connectivity index (χ3n) is 4.48. The number of fused-ring (bicyclic) bond motifs is 1. The van der Waals surface area contributed by atoms with Crippen LogP contribution in [0.25, 0.3) is 21.5 Å². The first-order valence-corrected chi connectivity index (χ1v) is 9.84. The van der Waals surface area contributed by atoms with Crippen LogP contribution < -0.4 is 10.6 Å². The van der Waals surface area contributed by atoms with E-state index in [0.29, 0.717) is 42.5 Å². The highest BCUT2D eigenvalue weighted by atomic mass is 35.5. The third-order valence-corrected chi connectivity index (χ3v) is 6.42. The first-order valence-electron chi connectivity index (χ1n) is 8.27. The Bertz CT molecular complexity index is 1030. The Kier molecular flexibility index (Phi) is 4.50. The molecule has 1 fully saturated rings. The van der Waals surface area contributed by atoms with Crippen LogP contribution in [-0.2, 0) is 0 Å². The number of nitrogen functional groups attached to an aromatic ring is 1. The number of halogens is 2. The molecule has 134 valence electrons. The minimum Gasteiger partial charge on any atom is -0.397 e. The number of carbonyl (C=O) groups is 1. The molecule has 0 radical (unpaired) electrons. The number of thiophene rings is 1. The van der Waals surface area contributed by atoms with E-state index in [1.54, 1.807) is 12.1 Å². The molecule has 26 heavy (non-hydrogen) atoms. The van der Waals surface area contributed by atoms with Gasteiger partial charge in [-0.25, -0.2) is 9.97 Å². The molecule has 0 unspecified atom stereocenters. The van der Waals surface area contributed by atoms with Gasteiger partial charge in [-0.15, -0.1) is 11.3 Å². The van der Waals surface area contributed by atoms with Gasteiger partial charge in [0.25, 0.3) is 0 Å². The second-order valence-electron chi connectivity index (χ2n) is 6.28. The molecule has 0 spiro atoms. The summed E-state index contributed by atoms with van der Waals surface area (Å²) < 4.78 is 0. The molecule has 3 aromatic rings. The molecule has 1 saturated heterocycles. The smallest absolute Gasteiger partial charge is 0.227 e. The van der Waals surface area contributed by atoms with Crippen LogP contribution in [0.15, 0.2) is 18.2 Å². The maximum atomic E-state index is 12.0. The summed E-state index contributed by atoms with van der Waals surface area (Å²) in [6.07, 6.45) is 2.24. The fraction of sp³-hybridized carbons (Fsp3) is 0.278. The summed E-state index contributed by atoms with van der Waals surface area (Å²) in [7, 11) is 0. The zero-order chi connectivity index (χ0) is 18.4. The number of carbonyl (C=O) groups excluding carboxylic acids is 1. The van der Waals surface area contributed by atoms with Crippen molar-refractivity contribution in [2.45, 2.75) is 19.8 Å². The molecular formula is C18H16Cl2N4OS. The third kappa shape index (κ3) is 2.92. The quantitative estimate of drug-likeness (QED) is 0.615. The molecule has 0 atom stereocenters. The van der Waals surface area contributed by atoms with Gasteiger partial charge in [0.05, 0.1) is 31.7 Å². The molecular weight excluding hydrogens is 391 g/mol. The van der Waals surface area contributed by atoms with Gasteiger partial charge in [-0.3, -0.25) is 4.79 Å². The van der Waals surface area contributed by atoms with Gasteiger partial charge in [-0.1, -0.05) is 29.3 Å². The molecule has 3 heterocycles. The summed E-state index contributed by atoms with van der Waals surface area (Å²) in [6, 6.07) is 5.36. The van der Waals surface area contributed by atoms with E-state index in [4.69, 9.17) is 33.9 Å². The highest BCUT2D eigenvalue weighted by Gasteiger charge is 2.23. The Morgan fingerprint density at radius 2 is 1.92 bits per heavy atom. The molecule has 2 aromatic heterocycles. The van der Waals surface area contributed by atoms with E-state index in [1.165, 1.54) is 18.3 Å². The van der Waals surface area contributed by atoms with Crippen molar-refractivity contribution < 1.29 is 4.79 Å². The molecule has 0 bridgehead atoms. The number of anilines is 2. The standard InChI is InChI=1S/C18H16Cl2N4OS/c1-9(25)16-14(21)13-15(10-4-5-11(19)12(20)8-10)22-18(23-17(13)26-16)24-6-2-3-7-24/h4-5,8H,2-3,6-7,21H2,1H3. The first-order chi connectivity index (χ1) is 12.5.